The molecule has 0 amide bonds. The fourth-order valence-electron chi connectivity index (χ4n) is 2.25. The molecule has 1 N–H and O–H groups in total. The third-order valence-electron chi connectivity index (χ3n) is 3.28. The van der Waals surface area contributed by atoms with E-state index in [9.17, 15) is 9.50 Å². The Morgan fingerprint density at radius 3 is 2.47 bits per heavy atom. The van der Waals surface area contributed by atoms with Gasteiger partial charge in [-0.05, 0) is 16.9 Å². The Kier molecular flexibility index (Phi) is 4.36. The predicted molar refractivity (Wildman–Crippen MR) is 62.2 cm³/mol. The first-order valence-electron chi connectivity index (χ1n) is 5.76. The molecule has 98 valence electrons. The molecule has 5 atom stereocenters. The molecule has 0 unspecified atom stereocenters. The van der Waals surface area contributed by atoms with Gasteiger partial charge in [0.15, 0.2) is 0 Å². The van der Waals surface area contributed by atoms with Gasteiger partial charge >= 0.3 is 0 Å². The largest absolute Gasteiger partial charge is 0.390 e. The Bertz CT molecular complexity index is 310. The molecule has 1 fully saturated rings. The quantitative estimate of drug-likeness (QED) is 0.460. The van der Waals surface area contributed by atoms with Crippen LogP contribution in [-0.2, 0) is 4.74 Å². The van der Waals surface area contributed by atoms with E-state index < -0.39 is 31.0 Å². The standard InChI is InChI=1S/C11H20FN3O2/c1-6-8(14-15-13)7(5-12)17-10(9(6)16)11(2,3)4/h6-10,16H,5H2,1-4H3/t6-,7+,8-,9+,10+/m0/s1. The van der Waals surface area contributed by atoms with Crippen LogP contribution in [-0.4, -0.2) is 36.1 Å². The van der Waals surface area contributed by atoms with E-state index in [4.69, 9.17) is 10.3 Å². The molecule has 1 rings (SSSR count). The molecule has 0 radical (unpaired) electrons. The van der Waals surface area contributed by atoms with Gasteiger partial charge in [-0.1, -0.05) is 32.8 Å². The maximum Gasteiger partial charge on any atom is 0.116 e. The maximum atomic E-state index is 12.9. The first-order valence-corrected chi connectivity index (χ1v) is 5.76. The SMILES string of the molecule is C[C@@H]1[C@@H](O)[C@H](C(C)(C)C)O[C@H](CF)[C@H]1N=[N+]=[N-]. The molecule has 0 aromatic carbocycles. The van der Waals surface area contributed by atoms with Crippen LogP contribution in [0.25, 0.3) is 10.4 Å². The van der Waals surface area contributed by atoms with Crippen molar-refractivity contribution in [2.75, 3.05) is 6.67 Å². The van der Waals surface area contributed by atoms with Crippen LogP contribution in [0.15, 0.2) is 5.11 Å². The Labute approximate surface area is 101 Å². The van der Waals surface area contributed by atoms with E-state index in [2.05, 4.69) is 10.0 Å². The van der Waals surface area contributed by atoms with Gasteiger partial charge in [0.25, 0.3) is 0 Å². The van der Waals surface area contributed by atoms with Crippen molar-refractivity contribution in [1.29, 1.82) is 0 Å². The molecule has 0 saturated carbocycles. The molecule has 1 saturated heterocycles. The third-order valence-corrected chi connectivity index (χ3v) is 3.28. The Morgan fingerprint density at radius 2 is 2.06 bits per heavy atom. The van der Waals surface area contributed by atoms with Gasteiger partial charge in [-0.3, -0.25) is 0 Å². The maximum absolute atomic E-state index is 12.9. The summed E-state index contributed by atoms with van der Waals surface area (Å²) in [6.45, 7) is 6.83. The monoisotopic (exact) mass is 245 g/mol. The van der Waals surface area contributed by atoms with Crippen molar-refractivity contribution in [3.63, 3.8) is 0 Å². The van der Waals surface area contributed by atoms with Gasteiger partial charge in [0.05, 0.1) is 24.4 Å². The lowest BCUT2D eigenvalue weighted by Crippen LogP contribution is -2.57. The van der Waals surface area contributed by atoms with Crippen molar-refractivity contribution in [1.82, 2.24) is 0 Å². The van der Waals surface area contributed by atoms with Crippen LogP contribution in [0, 0.1) is 11.3 Å². The van der Waals surface area contributed by atoms with Crippen molar-refractivity contribution in [2.24, 2.45) is 16.4 Å². The topological polar surface area (TPSA) is 78.2 Å². The molecule has 1 heterocycles. The number of rotatable bonds is 2. The van der Waals surface area contributed by atoms with Gasteiger partial charge in [0.2, 0.25) is 0 Å². The van der Waals surface area contributed by atoms with Crippen molar-refractivity contribution in [3.05, 3.63) is 10.4 Å². The third kappa shape index (κ3) is 2.89. The lowest BCUT2D eigenvalue weighted by atomic mass is 9.76. The van der Waals surface area contributed by atoms with Gasteiger partial charge in [0.1, 0.15) is 6.67 Å². The molecular formula is C11H20FN3O2. The zero-order valence-electron chi connectivity index (χ0n) is 10.7. The second-order valence-electron chi connectivity index (χ2n) is 5.66. The second kappa shape index (κ2) is 5.21. The van der Waals surface area contributed by atoms with Crippen LogP contribution < -0.4 is 0 Å². The normalized spacial score (nSPS) is 38.6. The fraction of sp³-hybridized carbons (Fsp3) is 1.00. The first kappa shape index (κ1) is 14.2. The Morgan fingerprint density at radius 1 is 1.47 bits per heavy atom. The molecule has 0 aliphatic carbocycles. The number of alkyl halides is 1. The minimum absolute atomic E-state index is 0.289. The number of halogens is 1. The van der Waals surface area contributed by atoms with Crippen LogP contribution in [0.2, 0.25) is 0 Å². The van der Waals surface area contributed by atoms with Crippen molar-refractivity contribution in [3.8, 4) is 0 Å². The fourth-order valence-corrected chi connectivity index (χ4v) is 2.25. The number of hydrogen-bond acceptors (Lipinski definition) is 3. The minimum Gasteiger partial charge on any atom is -0.390 e. The minimum atomic E-state index is -0.770. The Hall–Kier alpha value is -0.840. The van der Waals surface area contributed by atoms with Gasteiger partial charge in [-0.15, -0.1) is 0 Å². The average Bonchev–Trinajstić information content (AvgIpc) is 2.23. The highest BCUT2D eigenvalue weighted by Crippen LogP contribution is 2.36. The molecule has 17 heavy (non-hydrogen) atoms. The molecule has 0 aromatic rings. The number of aliphatic hydroxyl groups excluding tert-OH is 1. The Balaban J connectivity index is 2.97. The predicted octanol–water partition coefficient (Wildman–Crippen LogP) is 2.45. The van der Waals surface area contributed by atoms with E-state index in [1.807, 2.05) is 20.8 Å². The summed E-state index contributed by atoms with van der Waals surface area (Å²) in [6.07, 6.45) is -1.98. The molecule has 0 bridgehead atoms. The van der Waals surface area contributed by atoms with Gasteiger partial charge in [0, 0.05) is 4.91 Å². The van der Waals surface area contributed by atoms with E-state index in [-0.39, 0.29) is 11.3 Å². The molecule has 0 aromatic heterocycles. The van der Waals surface area contributed by atoms with Gasteiger partial charge < -0.3 is 9.84 Å². The highest BCUT2D eigenvalue weighted by atomic mass is 19.1. The molecule has 0 spiro atoms. The van der Waals surface area contributed by atoms with Gasteiger partial charge in [-0.25, -0.2) is 4.39 Å². The summed E-state index contributed by atoms with van der Waals surface area (Å²) in [7, 11) is 0. The summed E-state index contributed by atoms with van der Waals surface area (Å²) in [5.74, 6) is -0.315. The molecule has 1 aliphatic heterocycles. The summed E-state index contributed by atoms with van der Waals surface area (Å²) in [5, 5.41) is 13.7. The smallest absolute Gasteiger partial charge is 0.116 e. The van der Waals surface area contributed by atoms with Crippen molar-refractivity contribution < 1.29 is 14.2 Å². The summed E-state index contributed by atoms with van der Waals surface area (Å²) < 4.78 is 18.5. The highest BCUT2D eigenvalue weighted by Gasteiger charge is 2.46. The second-order valence-corrected chi connectivity index (χ2v) is 5.66. The lowest BCUT2D eigenvalue weighted by Gasteiger charge is -2.46. The zero-order chi connectivity index (χ0) is 13.2. The molecule has 1 aliphatic rings. The summed E-state index contributed by atoms with van der Waals surface area (Å²) in [5.41, 5.74) is 8.17. The van der Waals surface area contributed by atoms with E-state index in [0.29, 0.717) is 0 Å². The van der Waals surface area contributed by atoms with Crippen LogP contribution in [0.5, 0.6) is 0 Å². The number of ether oxygens (including phenoxy) is 1. The van der Waals surface area contributed by atoms with E-state index in [1.54, 1.807) is 6.92 Å². The molecular weight excluding hydrogens is 225 g/mol. The average molecular weight is 245 g/mol. The van der Waals surface area contributed by atoms with Crippen LogP contribution in [0.1, 0.15) is 27.7 Å². The van der Waals surface area contributed by atoms with Crippen molar-refractivity contribution >= 4 is 0 Å². The number of hydrogen-bond donors (Lipinski definition) is 1. The summed E-state index contributed by atoms with van der Waals surface area (Å²) in [6, 6.07) is -0.654. The molecule has 5 nitrogen and oxygen atoms in total. The van der Waals surface area contributed by atoms with Crippen LogP contribution in [0.4, 0.5) is 4.39 Å². The number of aliphatic hydroxyl groups is 1. The lowest BCUT2D eigenvalue weighted by molar-refractivity contribution is -0.189. The highest BCUT2D eigenvalue weighted by molar-refractivity contribution is 4.97. The van der Waals surface area contributed by atoms with Gasteiger partial charge in [-0.2, -0.15) is 0 Å². The van der Waals surface area contributed by atoms with Crippen LogP contribution in [0.3, 0.4) is 0 Å². The van der Waals surface area contributed by atoms with Crippen molar-refractivity contribution in [2.45, 2.75) is 52.0 Å². The summed E-state index contributed by atoms with van der Waals surface area (Å²) in [4.78, 5) is 2.70. The number of nitrogens with zero attached hydrogens (tertiary/aromatic N) is 3. The van der Waals surface area contributed by atoms with E-state index in [1.165, 1.54) is 0 Å². The van der Waals surface area contributed by atoms with E-state index in [0.717, 1.165) is 0 Å². The summed E-state index contributed by atoms with van der Waals surface area (Å²) >= 11 is 0. The molecule has 6 heteroatoms. The zero-order valence-corrected chi connectivity index (χ0v) is 10.7. The number of azide groups is 1. The first-order chi connectivity index (χ1) is 7.82. The van der Waals surface area contributed by atoms with E-state index >= 15 is 0 Å². The van der Waals surface area contributed by atoms with Crippen LogP contribution >= 0.6 is 0 Å².